The Bertz CT molecular complexity index is 421. The number of carbonyl (C=O) groups is 1. The van der Waals surface area contributed by atoms with E-state index in [1.54, 1.807) is 6.07 Å². The van der Waals surface area contributed by atoms with E-state index in [1.807, 2.05) is 32.9 Å². The van der Waals surface area contributed by atoms with Crippen LogP contribution in [0.15, 0.2) is 18.2 Å². The van der Waals surface area contributed by atoms with Gasteiger partial charge in [-0.1, -0.05) is 0 Å². The molecule has 0 radical (unpaired) electrons. The molecule has 1 aromatic carbocycles. The van der Waals surface area contributed by atoms with Crippen molar-refractivity contribution < 1.29 is 14.3 Å². The molecule has 1 heterocycles. The number of hydrogen-bond acceptors (Lipinski definition) is 4. The smallest absolute Gasteiger partial charge is 0.373 e. The number of rotatable bonds is 1. The number of fused-ring (bicyclic) bond motifs is 1. The van der Waals surface area contributed by atoms with Gasteiger partial charge in [0.15, 0.2) is 0 Å². The van der Waals surface area contributed by atoms with Crippen molar-refractivity contribution in [1.82, 2.24) is 0 Å². The second-order valence-electron chi connectivity index (χ2n) is 4.62. The molecule has 0 N–H and O–H groups in total. The lowest BCUT2D eigenvalue weighted by Crippen LogP contribution is -2.23. The molecule has 0 saturated heterocycles. The molecule has 0 bridgehead atoms. The highest BCUT2D eigenvalue weighted by atomic mass is 32.2. The molecule has 3 nitrogen and oxygen atoms in total. The summed E-state index contributed by atoms with van der Waals surface area (Å²) < 4.78 is 10.8. The maximum Gasteiger partial charge on any atom is 0.373 e. The monoisotopic (exact) mass is 238 g/mol. The van der Waals surface area contributed by atoms with E-state index in [0.29, 0.717) is 11.5 Å². The predicted octanol–water partition coefficient (Wildman–Crippen LogP) is 3.61. The molecule has 16 heavy (non-hydrogen) atoms. The lowest BCUT2D eigenvalue weighted by atomic mass is 10.1. The molecule has 1 aliphatic heterocycles. The summed E-state index contributed by atoms with van der Waals surface area (Å²) in [6.07, 6.45) is 0. The van der Waals surface area contributed by atoms with E-state index in [2.05, 4.69) is 0 Å². The van der Waals surface area contributed by atoms with Crippen molar-refractivity contribution in [2.24, 2.45) is 0 Å². The largest absolute Gasteiger partial charge is 0.488 e. The van der Waals surface area contributed by atoms with Crippen molar-refractivity contribution >= 4 is 17.1 Å². The number of carbonyl (C=O) groups excluding carboxylic acids is 1. The Balaban J connectivity index is 2.23. The number of hydrogen-bond donors (Lipinski definition) is 0. The molecule has 0 amide bonds. The molecule has 0 atom stereocenters. The SMILES string of the molecule is CC(C)(C)Oc1ccc2c(c1)CSC(=O)O2. The van der Waals surface area contributed by atoms with Crippen LogP contribution in [0.4, 0.5) is 4.79 Å². The van der Waals surface area contributed by atoms with E-state index >= 15 is 0 Å². The van der Waals surface area contributed by atoms with E-state index in [4.69, 9.17) is 9.47 Å². The van der Waals surface area contributed by atoms with Gasteiger partial charge in [0.2, 0.25) is 0 Å². The number of ether oxygens (including phenoxy) is 2. The quantitative estimate of drug-likeness (QED) is 0.700. The second-order valence-corrected chi connectivity index (χ2v) is 5.54. The summed E-state index contributed by atoms with van der Waals surface area (Å²) in [5, 5.41) is -0.239. The van der Waals surface area contributed by atoms with E-state index in [1.165, 1.54) is 11.8 Å². The average Bonchev–Trinajstić information content (AvgIpc) is 2.16. The highest BCUT2D eigenvalue weighted by Gasteiger charge is 2.19. The molecule has 1 aliphatic rings. The summed E-state index contributed by atoms with van der Waals surface area (Å²) >= 11 is 1.17. The summed E-state index contributed by atoms with van der Waals surface area (Å²) in [5.41, 5.74) is 0.790. The fraction of sp³-hybridized carbons (Fsp3) is 0.417. The molecule has 86 valence electrons. The van der Waals surface area contributed by atoms with Crippen molar-refractivity contribution in [3.63, 3.8) is 0 Å². The van der Waals surface area contributed by atoms with Crippen LogP contribution in [0.2, 0.25) is 0 Å². The molecule has 0 saturated carbocycles. The van der Waals surface area contributed by atoms with Crippen molar-refractivity contribution in [2.45, 2.75) is 32.1 Å². The van der Waals surface area contributed by atoms with Gasteiger partial charge in [0.25, 0.3) is 0 Å². The number of thioether (sulfide) groups is 1. The van der Waals surface area contributed by atoms with Crippen LogP contribution in [0.5, 0.6) is 11.5 Å². The molecule has 2 rings (SSSR count). The molecule has 0 unspecified atom stereocenters. The zero-order valence-electron chi connectivity index (χ0n) is 9.57. The molecule has 0 aromatic heterocycles. The lowest BCUT2D eigenvalue weighted by molar-refractivity contribution is 0.130. The van der Waals surface area contributed by atoms with Gasteiger partial charge in [-0.2, -0.15) is 0 Å². The van der Waals surface area contributed by atoms with Gasteiger partial charge in [0.1, 0.15) is 17.1 Å². The van der Waals surface area contributed by atoms with Gasteiger partial charge in [-0.15, -0.1) is 0 Å². The molecule has 4 heteroatoms. The maximum atomic E-state index is 11.0. The van der Waals surface area contributed by atoms with Crippen LogP contribution < -0.4 is 9.47 Å². The van der Waals surface area contributed by atoms with Crippen molar-refractivity contribution in [3.8, 4) is 11.5 Å². The molecule has 0 spiro atoms. The second kappa shape index (κ2) is 4.01. The highest BCUT2D eigenvalue weighted by Crippen LogP contribution is 2.34. The minimum absolute atomic E-state index is 0.216. The Kier molecular flexibility index (Phi) is 2.84. The Morgan fingerprint density at radius 2 is 2.12 bits per heavy atom. The van der Waals surface area contributed by atoms with Gasteiger partial charge in [-0.25, -0.2) is 4.79 Å². The van der Waals surface area contributed by atoms with Crippen LogP contribution in [0.1, 0.15) is 26.3 Å². The minimum Gasteiger partial charge on any atom is -0.488 e. The van der Waals surface area contributed by atoms with Crippen LogP contribution in [0.25, 0.3) is 0 Å². The van der Waals surface area contributed by atoms with Gasteiger partial charge in [0, 0.05) is 11.3 Å². The summed E-state index contributed by atoms with van der Waals surface area (Å²) in [6.45, 7) is 6.00. The van der Waals surface area contributed by atoms with Gasteiger partial charge in [0.05, 0.1) is 0 Å². The van der Waals surface area contributed by atoms with Gasteiger partial charge >= 0.3 is 5.30 Å². The third-order valence-corrected chi connectivity index (χ3v) is 2.77. The van der Waals surface area contributed by atoms with Crippen molar-refractivity contribution in [3.05, 3.63) is 23.8 Å². The fourth-order valence-electron chi connectivity index (χ4n) is 1.44. The lowest BCUT2D eigenvalue weighted by Gasteiger charge is -2.23. The van der Waals surface area contributed by atoms with Crippen LogP contribution in [-0.2, 0) is 5.75 Å². The van der Waals surface area contributed by atoms with Gasteiger partial charge in [-0.3, -0.25) is 0 Å². The normalized spacial score (nSPS) is 15.3. The topological polar surface area (TPSA) is 35.5 Å². The summed E-state index contributed by atoms with van der Waals surface area (Å²) in [5.74, 6) is 2.10. The fourth-order valence-corrected chi connectivity index (χ4v) is 2.09. The maximum absolute atomic E-state index is 11.0. The minimum atomic E-state index is -0.239. The zero-order chi connectivity index (χ0) is 11.8. The van der Waals surface area contributed by atoms with Crippen LogP contribution in [0.3, 0.4) is 0 Å². The highest BCUT2D eigenvalue weighted by molar-refractivity contribution is 8.12. The third-order valence-electron chi connectivity index (χ3n) is 1.99. The molecule has 0 fully saturated rings. The molecular weight excluding hydrogens is 224 g/mol. The van der Waals surface area contributed by atoms with E-state index < -0.39 is 0 Å². The molecular formula is C12H14O3S. The molecule has 1 aromatic rings. The van der Waals surface area contributed by atoms with Crippen molar-refractivity contribution in [1.29, 1.82) is 0 Å². The van der Waals surface area contributed by atoms with Crippen molar-refractivity contribution in [2.75, 3.05) is 0 Å². The summed E-state index contributed by atoms with van der Waals surface area (Å²) in [7, 11) is 0. The predicted molar refractivity (Wildman–Crippen MR) is 64.1 cm³/mol. The van der Waals surface area contributed by atoms with E-state index in [9.17, 15) is 4.79 Å². The first-order chi connectivity index (χ1) is 7.44. The molecule has 0 aliphatic carbocycles. The first-order valence-electron chi connectivity index (χ1n) is 5.11. The standard InChI is InChI=1S/C12H14O3S/c1-12(2,3)15-9-4-5-10-8(6-9)7-16-11(13)14-10/h4-6H,7H2,1-3H3. The summed E-state index contributed by atoms with van der Waals surface area (Å²) in [4.78, 5) is 11.0. The van der Waals surface area contributed by atoms with Crippen LogP contribution >= 0.6 is 11.8 Å². The van der Waals surface area contributed by atoms with Gasteiger partial charge in [-0.05, 0) is 50.7 Å². The Hall–Kier alpha value is -1.16. The first-order valence-corrected chi connectivity index (χ1v) is 6.09. The summed E-state index contributed by atoms with van der Waals surface area (Å²) in [6, 6.07) is 5.54. The zero-order valence-corrected chi connectivity index (χ0v) is 10.4. The Morgan fingerprint density at radius 3 is 2.81 bits per heavy atom. The Morgan fingerprint density at radius 1 is 1.38 bits per heavy atom. The average molecular weight is 238 g/mol. The Labute approximate surface area is 99.1 Å². The first kappa shape index (κ1) is 11.3. The van der Waals surface area contributed by atoms with E-state index in [0.717, 1.165) is 11.3 Å². The van der Waals surface area contributed by atoms with Gasteiger partial charge < -0.3 is 9.47 Å². The van der Waals surface area contributed by atoms with E-state index in [-0.39, 0.29) is 10.9 Å². The third kappa shape index (κ3) is 2.70. The number of benzene rings is 1. The van der Waals surface area contributed by atoms with Crippen LogP contribution in [-0.4, -0.2) is 10.9 Å². The van der Waals surface area contributed by atoms with Crippen LogP contribution in [0, 0.1) is 0 Å².